The van der Waals surface area contributed by atoms with Crippen LogP contribution in [0.15, 0.2) is 0 Å². The highest BCUT2D eigenvalue weighted by molar-refractivity contribution is 4.75. The molecule has 0 amide bonds. The van der Waals surface area contributed by atoms with Crippen LogP contribution >= 0.6 is 0 Å². The summed E-state index contributed by atoms with van der Waals surface area (Å²) in [5.74, 6) is 0.934. The lowest BCUT2D eigenvalue weighted by Crippen LogP contribution is -2.49. The number of hydrogen-bond donors (Lipinski definition) is 1. The van der Waals surface area contributed by atoms with E-state index in [1.54, 1.807) is 0 Å². The van der Waals surface area contributed by atoms with Crippen molar-refractivity contribution in [3.8, 4) is 0 Å². The standard InChI is InChI=1S/C14H29N3O/c1-14-2-4-15(5-3-14)6-7-16-8-10-17(11-9-16)12-13-18/h14,18H,2-13H2,1H3. The fourth-order valence-electron chi connectivity index (χ4n) is 2.95. The lowest BCUT2D eigenvalue weighted by molar-refractivity contribution is 0.0968. The molecular weight excluding hydrogens is 226 g/mol. The van der Waals surface area contributed by atoms with Gasteiger partial charge < -0.3 is 10.0 Å². The highest BCUT2D eigenvalue weighted by Gasteiger charge is 2.19. The first kappa shape index (κ1) is 14.3. The van der Waals surface area contributed by atoms with Gasteiger partial charge in [-0.25, -0.2) is 0 Å². The average Bonchev–Trinajstić information content (AvgIpc) is 2.40. The molecule has 0 aromatic carbocycles. The van der Waals surface area contributed by atoms with Crippen LogP contribution in [0.1, 0.15) is 19.8 Å². The number of piperazine rings is 1. The van der Waals surface area contributed by atoms with Crippen LogP contribution in [0.25, 0.3) is 0 Å². The SMILES string of the molecule is CC1CCN(CCN2CCN(CCO)CC2)CC1. The molecule has 0 aliphatic carbocycles. The normalized spacial score (nSPS) is 25.7. The second-order valence-corrected chi connectivity index (χ2v) is 5.93. The summed E-state index contributed by atoms with van der Waals surface area (Å²) in [7, 11) is 0. The molecule has 2 aliphatic heterocycles. The third-order valence-corrected chi connectivity index (χ3v) is 4.49. The van der Waals surface area contributed by atoms with Gasteiger partial charge in [-0.3, -0.25) is 9.80 Å². The Hall–Kier alpha value is -0.160. The second-order valence-electron chi connectivity index (χ2n) is 5.93. The monoisotopic (exact) mass is 255 g/mol. The van der Waals surface area contributed by atoms with Crippen molar-refractivity contribution in [1.82, 2.24) is 14.7 Å². The molecule has 0 aromatic rings. The van der Waals surface area contributed by atoms with Crippen LogP contribution in [0, 0.1) is 5.92 Å². The van der Waals surface area contributed by atoms with E-state index in [2.05, 4.69) is 21.6 Å². The zero-order valence-corrected chi connectivity index (χ0v) is 11.9. The number of nitrogens with zero attached hydrogens (tertiary/aromatic N) is 3. The summed E-state index contributed by atoms with van der Waals surface area (Å²) in [6, 6.07) is 0. The van der Waals surface area contributed by atoms with E-state index in [-0.39, 0.29) is 0 Å². The molecule has 2 fully saturated rings. The minimum absolute atomic E-state index is 0.298. The van der Waals surface area contributed by atoms with E-state index in [0.717, 1.165) is 25.6 Å². The Kier molecular flexibility index (Phi) is 5.89. The minimum Gasteiger partial charge on any atom is -0.395 e. The first-order chi connectivity index (χ1) is 8.78. The summed E-state index contributed by atoms with van der Waals surface area (Å²) < 4.78 is 0. The van der Waals surface area contributed by atoms with E-state index in [4.69, 9.17) is 5.11 Å². The van der Waals surface area contributed by atoms with Gasteiger partial charge in [0.05, 0.1) is 6.61 Å². The summed E-state index contributed by atoms with van der Waals surface area (Å²) >= 11 is 0. The van der Waals surface area contributed by atoms with Crippen LogP contribution in [0.2, 0.25) is 0 Å². The van der Waals surface area contributed by atoms with Crippen molar-refractivity contribution >= 4 is 0 Å². The van der Waals surface area contributed by atoms with Crippen LogP contribution in [0.4, 0.5) is 0 Å². The smallest absolute Gasteiger partial charge is 0.0558 e. The minimum atomic E-state index is 0.298. The van der Waals surface area contributed by atoms with Gasteiger partial charge in [0.25, 0.3) is 0 Å². The largest absolute Gasteiger partial charge is 0.395 e. The number of β-amino-alcohol motifs (C(OH)–C–C–N with tert-alkyl or cyclic N) is 1. The fourth-order valence-corrected chi connectivity index (χ4v) is 2.95. The molecule has 4 nitrogen and oxygen atoms in total. The second kappa shape index (κ2) is 7.43. The molecule has 0 radical (unpaired) electrons. The highest BCUT2D eigenvalue weighted by Crippen LogP contribution is 2.15. The van der Waals surface area contributed by atoms with Gasteiger partial charge in [-0.05, 0) is 31.8 Å². The van der Waals surface area contributed by atoms with E-state index in [9.17, 15) is 0 Å². The molecule has 2 saturated heterocycles. The van der Waals surface area contributed by atoms with Gasteiger partial charge in [0, 0.05) is 45.8 Å². The van der Waals surface area contributed by atoms with Gasteiger partial charge >= 0.3 is 0 Å². The molecule has 0 spiro atoms. The van der Waals surface area contributed by atoms with Crippen molar-refractivity contribution in [3.63, 3.8) is 0 Å². The summed E-state index contributed by atoms with van der Waals surface area (Å²) in [6.45, 7) is 13.2. The summed E-state index contributed by atoms with van der Waals surface area (Å²) in [4.78, 5) is 7.56. The molecule has 0 unspecified atom stereocenters. The number of hydrogen-bond acceptors (Lipinski definition) is 4. The fraction of sp³-hybridized carbons (Fsp3) is 1.00. The zero-order valence-electron chi connectivity index (χ0n) is 11.9. The average molecular weight is 255 g/mol. The Morgan fingerprint density at radius 3 is 1.72 bits per heavy atom. The Morgan fingerprint density at radius 1 is 0.778 bits per heavy atom. The number of rotatable bonds is 5. The Morgan fingerprint density at radius 2 is 1.22 bits per heavy atom. The molecule has 106 valence electrons. The molecule has 2 aliphatic rings. The molecule has 1 N–H and O–H groups in total. The van der Waals surface area contributed by atoms with Crippen molar-refractivity contribution in [2.45, 2.75) is 19.8 Å². The maximum Gasteiger partial charge on any atom is 0.0558 e. The lowest BCUT2D eigenvalue weighted by Gasteiger charge is -2.36. The van der Waals surface area contributed by atoms with Crippen LogP contribution in [0.5, 0.6) is 0 Å². The number of aliphatic hydroxyl groups is 1. The first-order valence-corrected chi connectivity index (χ1v) is 7.56. The third-order valence-electron chi connectivity index (χ3n) is 4.49. The van der Waals surface area contributed by atoms with E-state index in [0.29, 0.717) is 6.61 Å². The molecule has 0 saturated carbocycles. The molecule has 18 heavy (non-hydrogen) atoms. The van der Waals surface area contributed by atoms with Crippen molar-refractivity contribution < 1.29 is 5.11 Å². The van der Waals surface area contributed by atoms with E-state index in [1.165, 1.54) is 52.1 Å². The van der Waals surface area contributed by atoms with Crippen LogP contribution < -0.4 is 0 Å². The van der Waals surface area contributed by atoms with Gasteiger partial charge in [0.15, 0.2) is 0 Å². The number of aliphatic hydroxyl groups excluding tert-OH is 1. The molecule has 0 aromatic heterocycles. The van der Waals surface area contributed by atoms with Gasteiger partial charge in [-0.15, -0.1) is 0 Å². The van der Waals surface area contributed by atoms with Crippen molar-refractivity contribution in [1.29, 1.82) is 0 Å². The first-order valence-electron chi connectivity index (χ1n) is 7.56. The van der Waals surface area contributed by atoms with Crippen LogP contribution in [-0.2, 0) is 0 Å². The predicted octanol–water partition coefficient (Wildman–Crippen LogP) is 0.328. The molecule has 2 rings (SSSR count). The summed E-state index contributed by atoms with van der Waals surface area (Å²) in [5.41, 5.74) is 0. The van der Waals surface area contributed by atoms with Crippen LogP contribution in [-0.4, -0.2) is 85.3 Å². The molecule has 0 bridgehead atoms. The lowest BCUT2D eigenvalue weighted by atomic mass is 9.99. The maximum absolute atomic E-state index is 8.92. The van der Waals surface area contributed by atoms with Gasteiger partial charge in [0.1, 0.15) is 0 Å². The molecular formula is C14H29N3O. The van der Waals surface area contributed by atoms with Gasteiger partial charge in [-0.1, -0.05) is 6.92 Å². The quantitative estimate of drug-likeness (QED) is 0.767. The molecule has 4 heteroatoms. The van der Waals surface area contributed by atoms with Gasteiger partial charge in [-0.2, -0.15) is 0 Å². The van der Waals surface area contributed by atoms with Crippen molar-refractivity contribution in [2.75, 3.05) is 65.5 Å². The Labute approximate surface area is 112 Å². The van der Waals surface area contributed by atoms with E-state index in [1.807, 2.05) is 0 Å². The Bertz CT molecular complexity index is 221. The third kappa shape index (κ3) is 4.50. The molecule has 0 atom stereocenters. The Balaban J connectivity index is 1.57. The van der Waals surface area contributed by atoms with Gasteiger partial charge in [0.2, 0.25) is 0 Å². The summed E-state index contributed by atoms with van der Waals surface area (Å²) in [6.07, 6.45) is 2.76. The number of likely N-dealkylation sites (tertiary alicyclic amines) is 1. The van der Waals surface area contributed by atoms with Crippen molar-refractivity contribution in [3.05, 3.63) is 0 Å². The number of piperidine rings is 1. The maximum atomic E-state index is 8.92. The van der Waals surface area contributed by atoms with E-state index < -0.39 is 0 Å². The van der Waals surface area contributed by atoms with Crippen molar-refractivity contribution in [2.24, 2.45) is 5.92 Å². The van der Waals surface area contributed by atoms with E-state index >= 15 is 0 Å². The predicted molar refractivity (Wildman–Crippen MR) is 74.8 cm³/mol. The molecule has 2 heterocycles. The van der Waals surface area contributed by atoms with Crippen LogP contribution in [0.3, 0.4) is 0 Å². The zero-order chi connectivity index (χ0) is 12.8. The summed E-state index contributed by atoms with van der Waals surface area (Å²) in [5, 5.41) is 8.92. The topological polar surface area (TPSA) is 30.0 Å². The highest BCUT2D eigenvalue weighted by atomic mass is 16.3.